The Labute approximate surface area is 356 Å². The number of hydrogen-bond donors (Lipinski definition) is 0. The predicted octanol–water partition coefficient (Wildman–Crippen LogP) is 15.7. The molecule has 12 aromatic rings. The third-order valence-corrected chi connectivity index (χ3v) is 13.2. The van der Waals surface area contributed by atoms with Gasteiger partial charge in [-0.15, -0.1) is 11.3 Å². The second kappa shape index (κ2) is 14.5. The molecular formula is C57H35N3S. The second-order valence-electron chi connectivity index (χ2n) is 15.5. The van der Waals surface area contributed by atoms with Crippen LogP contribution in [0.4, 0.5) is 0 Å². The van der Waals surface area contributed by atoms with Crippen molar-refractivity contribution >= 4 is 63.8 Å². The van der Waals surface area contributed by atoms with E-state index in [-0.39, 0.29) is 0 Å². The Kier molecular flexibility index (Phi) is 8.36. The van der Waals surface area contributed by atoms with Gasteiger partial charge in [0.05, 0.1) is 0 Å². The first-order valence-electron chi connectivity index (χ1n) is 20.6. The number of fused-ring (bicyclic) bond motifs is 6. The van der Waals surface area contributed by atoms with E-state index in [1.165, 1.54) is 37.4 Å². The fraction of sp³-hybridized carbons (Fsp3) is 0. The van der Waals surface area contributed by atoms with Crippen LogP contribution in [0.25, 0.3) is 120 Å². The van der Waals surface area contributed by atoms with E-state index in [9.17, 15) is 0 Å². The summed E-state index contributed by atoms with van der Waals surface area (Å²) in [5.74, 6) is 1.93. The molecule has 0 fully saturated rings. The van der Waals surface area contributed by atoms with Crippen LogP contribution in [0.15, 0.2) is 212 Å². The van der Waals surface area contributed by atoms with E-state index in [1.54, 1.807) is 11.3 Å². The summed E-state index contributed by atoms with van der Waals surface area (Å²) >= 11 is 1.79. The highest BCUT2D eigenvalue weighted by atomic mass is 32.1. The van der Waals surface area contributed by atoms with E-state index in [4.69, 9.17) is 15.0 Å². The molecular weight excluding hydrogens is 759 g/mol. The molecule has 0 amide bonds. The Morgan fingerprint density at radius 3 is 1.64 bits per heavy atom. The van der Waals surface area contributed by atoms with Crippen LogP contribution in [-0.2, 0) is 0 Å². The summed E-state index contributed by atoms with van der Waals surface area (Å²) in [6, 6.07) is 75.8. The first-order chi connectivity index (χ1) is 30.2. The van der Waals surface area contributed by atoms with Gasteiger partial charge in [-0.2, -0.15) is 0 Å². The summed E-state index contributed by atoms with van der Waals surface area (Å²) in [6.07, 6.45) is 0. The standard InChI is InChI=1S/C57H35N3S/c1-2-14-36(15-3-1)40-20-10-21-41(34-40)42-31-30-39-19-12-27-49(51(39)35-42)55-58-56(50-28-13-26-48-46-24-8-9-29-52(46)61-54(48)50)60-57(59-55)53-44-23-7-5-17-38(44)32-33-47(53)45-25-11-18-37-16-4-6-22-43(37)45/h1-35H. The summed E-state index contributed by atoms with van der Waals surface area (Å²) in [4.78, 5) is 16.5. The van der Waals surface area contributed by atoms with Crippen molar-refractivity contribution in [2.75, 3.05) is 0 Å². The normalized spacial score (nSPS) is 11.6. The molecule has 12 rings (SSSR count). The Morgan fingerprint density at radius 2 is 0.803 bits per heavy atom. The average Bonchev–Trinajstić information content (AvgIpc) is 3.72. The van der Waals surface area contributed by atoms with Gasteiger partial charge in [0.25, 0.3) is 0 Å². The molecule has 0 unspecified atom stereocenters. The minimum Gasteiger partial charge on any atom is -0.208 e. The van der Waals surface area contributed by atoms with Gasteiger partial charge in [0.2, 0.25) is 0 Å². The van der Waals surface area contributed by atoms with Crippen LogP contribution >= 0.6 is 11.3 Å². The van der Waals surface area contributed by atoms with Crippen molar-refractivity contribution in [1.82, 2.24) is 15.0 Å². The maximum Gasteiger partial charge on any atom is 0.165 e. The lowest BCUT2D eigenvalue weighted by atomic mass is 9.90. The number of hydrogen-bond acceptors (Lipinski definition) is 4. The molecule has 0 aliphatic carbocycles. The highest BCUT2D eigenvalue weighted by Gasteiger charge is 2.22. The van der Waals surface area contributed by atoms with Gasteiger partial charge in [-0.1, -0.05) is 188 Å². The lowest BCUT2D eigenvalue weighted by Crippen LogP contribution is -2.02. The Morgan fingerprint density at radius 1 is 0.279 bits per heavy atom. The maximum atomic E-state index is 5.53. The second-order valence-corrected chi connectivity index (χ2v) is 16.6. The third kappa shape index (κ3) is 6.07. The molecule has 0 atom stereocenters. The zero-order valence-corrected chi connectivity index (χ0v) is 33.8. The van der Waals surface area contributed by atoms with E-state index in [2.05, 4.69) is 212 Å². The average molecular weight is 794 g/mol. The summed E-state index contributed by atoms with van der Waals surface area (Å²) in [7, 11) is 0. The van der Waals surface area contributed by atoms with Gasteiger partial charge >= 0.3 is 0 Å². The van der Waals surface area contributed by atoms with Crippen LogP contribution in [0.3, 0.4) is 0 Å². The molecule has 61 heavy (non-hydrogen) atoms. The van der Waals surface area contributed by atoms with Crippen molar-refractivity contribution in [2.24, 2.45) is 0 Å². The van der Waals surface area contributed by atoms with Gasteiger partial charge in [-0.3, -0.25) is 0 Å². The van der Waals surface area contributed by atoms with Crippen molar-refractivity contribution in [3.05, 3.63) is 212 Å². The number of rotatable bonds is 6. The fourth-order valence-corrected chi connectivity index (χ4v) is 10.2. The van der Waals surface area contributed by atoms with Crippen LogP contribution in [0.2, 0.25) is 0 Å². The molecule has 0 saturated heterocycles. The van der Waals surface area contributed by atoms with Gasteiger partial charge in [0, 0.05) is 36.9 Å². The fourth-order valence-electron chi connectivity index (χ4n) is 9.01. The quantitative estimate of drug-likeness (QED) is 0.168. The molecule has 0 aliphatic heterocycles. The highest BCUT2D eigenvalue weighted by molar-refractivity contribution is 7.26. The summed E-state index contributed by atoms with van der Waals surface area (Å²) in [5, 5.41) is 9.24. The molecule has 0 bridgehead atoms. The zero-order valence-electron chi connectivity index (χ0n) is 33.0. The number of thiophene rings is 1. The zero-order chi connectivity index (χ0) is 40.3. The Bertz CT molecular complexity index is 3660. The topological polar surface area (TPSA) is 38.7 Å². The molecule has 2 aromatic heterocycles. The SMILES string of the molecule is c1ccc(-c2cccc(-c3ccc4cccc(-c5nc(-c6c(-c7cccc8ccccc78)ccc7ccccc67)nc(-c6cccc7c6sc6ccccc67)n5)c4c3)c2)cc1. The molecule has 284 valence electrons. The molecule has 3 nitrogen and oxygen atoms in total. The Hall–Kier alpha value is -7.79. The van der Waals surface area contributed by atoms with Crippen LogP contribution < -0.4 is 0 Å². The van der Waals surface area contributed by atoms with E-state index in [0.717, 1.165) is 65.2 Å². The highest BCUT2D eigenvalue weighted by Crippen LogP contribution is 2.43. The molecule has 0 aliphatic rings. The number of aromatic nitrogens is 3. The maximum absolute atomic E-state index is 5.53. The molecule has 0 N–H and O–H groups in total. The summed E-state index contributed by atoms with van der Waals surface area (Å²) in [5.41, 5.74) is 9.83. The van der Waals surface area contributed by atoms with E-state index >= 15 is 0 Å². The van der Waals surface area contributed by atoms with Crippen LogP contribution in [0.5, 0.6) is 0 Å². The predicted molar refractivity (Wildman–Crippen MR) is 258 cm³/mol. The molecule has 10 aromatic carbocycles. The van der Waals surface area contributed by atoms with Crippen molar-refractivity contribution < 1.29 is 0 Å². The first kappa shape index (κ1) is 35.2. The monoisotopic (exact) mass is 793 g/mol. The van der Waals surface area contributed by atoms with Crippen molar-refractivity contribution in [3.8, 4) is 67.5 Å². The minimum absolute atomic E-state index is 0.635. The first-order valence-corrected chi connectivity index (χ1v) is 21.4. The van der Waals surface area contributed by atoms with Gasteiger partial charge < -0.3 is 0 Å². The molecule has 4 heteroatoms. The summed E-state index contributed by atoms with van der Waals surface area (Å²) < 4.78 is 2.40. The molecule has 0 radical (unpaired) electrons. The van der Waals surface area contributed by atoms with Crippen LogP contribution in [-0.4, -0.2) is 15.0 Å². The smallest absolute Gasteiger partial charge is 0.165 e. The van der Waals surface area contributed by atoms with E-state index < -0.39 is 0 Å². The van der Waals surface area contributed by atoms with Gasteiger partial charge in [0.15, 0.2) is 17.5 Å². The van der Waals surface area contributed by atoms with Crippen molar-refractivity contribution in [3.63, 3.8) is 0 Å². The number of nitrogens with zero attached hydrogens (tertiary/aromatic N) is 3. The lowest BCUT2D eigenvalue weighted by molar-refractivity contribution is 1.08. The summed E-state index contributed by atoms with van der Waals surface area (Å²) in [6.45, 7) is 0. The molecule has 2 heterocycles. The van der Waals surface area contributed by atoms with E-state index in [0.29, 0.717) is 17.5 Å². The third-order valence-electron chi connectivity index (χ3n) is 11.9. The number of benzene rings is 10. The molecule has 0 saturated carbocycles. The largest absolute Gasteiger partial charge is 0.208 e. The lowest BCUT2D eigenvalue weighted by Gasteiger charge is -2.17. The van der Waals surface area contributed by atoms with Crippen LogP contribution in [0.1, 0.15) is 0 Å². The van der Waals surface area contributed by atoms with E-state index in [1.807, 2.05) is 0 Å². The van der Waals surface area contributed by atoms with Crippen LogP contribution in [0, 0.1) is 0 Å². The van der Waals surface area contributed by atoms with Gasteiger partial charge in [0.1, 0.15) is 0 Å². The van der Waals surface area contributed by atoms with Gasteiger partial charge in [-0.25, -0.2) is 15.0 Å². The van der Waals surface area contributed by atoms with Crippen molar-refractivity contribution in [1.29, 1.82) is 0 Å². The minimum atomic E-state index is 0.635. The van der Waals surface area contributed by atoms with Crippen molar-refractivity contribution in [2.45, 2.75) is 0 Å². The Balaban J connectivity index is 1.13. The van der Waals surface area contributed by atoms with Gasteiger partial charge in [-0.05, 0) is 90.0 Å². The molecule has 0 spiro atoms.